The number of carbonyl (C=O) groups is 1. The van der Waals surface area contributed by atoms with Gasteiger partial charge < -0.3 is 15.7 Å². The van der Waals surface area contributed by atoms with E-state index in [0.29, 0.717) is 31.3 Å². The van der Waals surface area contributed by atoms with Crippen LogP contribution in [0.1, 0.15) is 18.4 Å². The summed E-state index contributed by atoms with van der Waals surface area (Å²) in [7, 11) is 0. The third-order valence-electron chi connectivity index (χ3n) is 3.49. The number of carboxylic acids is 1. The summed E-state index contributed by atoms with van der Waals surface area (Å²) in [4.78, 5) is 14.9. The van der Waals surface area contributed by atoms with Crippen LogP contribution < -0.4 is 29.6 Å². The third kappa shape index (κ3) is 8.10. The summed E-state index contributed by atoms with van der Waals surface area (Å²) < 4.78 is 11.3. The van der Waals surface area contributed by atoms with Crippen molar-refractivity contribution < 1.29 is 50.0 Å². The van der Waals surface area contributed by atoms with Crippen molar-refractivity contribution in [3.63, 3.8) is 0 Å². The van der Waals surface area contributed by atoms with Gasteiger partial charge in [0.15, 0.2) is 0 Å². The van der Waals surface area contributed by atoms with Gasteiger partial charge in [-0.1, -0.05) is 29.8 Å². The fourth-order valence-electron chi connectivity index (χ4n) is 2.15. The van der Waals surface area contributed by atoms with Crippen LogP contribution in [0.2, 0.25) is 0 Å². The van der Waals surface area contributed by atoms with E-state index < -0.39 is 5.97 Å². The van der Waals surface area contributed by atoms with Crippen LogP contribution in [0.25, 0.3) is 11.5 Å². The molecule has 1 aromatic heterocycles. The first-order valence-corrected chi connectivity index (χ1v) is 9.27. The number of ether oxygens (including phenoxy) is 1. The average molecular weight is 385 g/mol. The van der Waals surface area contributed by atoms with Crippen LogP contribution in [0, 0.1) is 13.8 Å². The first-order chi connectivity index (χ1) is 12.1. The molecule has 0 amide bonds. The van der Waals surface area contributed by atoms with Gasteiger partial charge >= 0.3 is 35.5 Å². The molecule has 1 heterocycles. The Morgan fingerprint density at radius 2 is 2.04 bits per heavy atom. The van der Waals surface area contributed by atoms with Crippen molar-refractivity contribution >= 4 is 17.7 Å². The number of oxazole rings is 1. The van der Waals surface area contributed by atoms with E-state index in [1.165, 1.54) is 17.3 Å². The van der Waals surface area contributed by atoms with Crippen LogP contribution >= 0.6 is 11.8 Å². The number of nitrogens with zero attached hydrogens (tertiary/aromatic N) is 1. The second-order valence-electron chi connectivity index (χ2n) is 5.59. The molecule has 0 aliphatic carbocycles. The molecule has 0 radical (unpaired) electrons. The Kier molecular flexibility index (Phi) is 10.9. The number of aromatic nitrogens is 1. The van der Waals surface area contributed by atoms with Crippen molar-refractivity contribution in [3.8, 4) is 11.5 Å². The molecule has 5 nitrogen and oxygen atoms in total. The number of benzene rings is 1. The van der Waals surface area contributed by atoms with Gasteiger partial charge in [-0.05, 0) is 26.0 Å². The summed E-state index contributed by atoms with van der Waals surface area (Å²) in [6.45, 7) is 5.04. The van der Waals surface area contributed by atoms with Gasteiger partial charge in [0, 0.05) is 17.7 Å². The maximum absolute atomic E-state index is 10.4. The quantitative estimate of drug-likeness (QED) is 0.374. The average Bonchev–Trinajstić information content (AvgIpc) is 2.94. The van der Waals surface area contributed by atoms with Gasteiger partial charge in [0.1, 0.15) is 5.76 Å². The van der Waals surface area contributed by atoms with Crippen molar-refractivity contribution in [1.29, 1.82) is 0 Å². The van der Waals surface area contributed by atoms with Crippen LogP contribution in [0.5, 0.6) is 0 Å². The van der Waals surface area contributed by atoms with Crippen LogP contribution in [-0.4, -0.2) is 40.8 Å². The van der Waals surface area contributed by atoms with Crippen molar-refractivity contribution in [2.24, 2.45) is 0 Å². The number of aryl methyl sites for hydroxylation is 2. The fraction of sp³-hybridized carbons (Fsp3) is 0.368. The van der Waals surface area contributed by atoms with Gasteiger partial charge in [-0.3, -0.25) is 4.79 Å². The minimum Gasteiger partial charge on any atom is -1.00 e. The predicted octanol–water partition coefficient (Wildman–Crippen LogP) is 1.01. The van der Waals surface area contributed by atoms with E-state index in [1.807, 2.05) is 50.3 Å². The molecule has 26 heavy (non-hydrogen) atoms. The van der Waals surface area contributed by atoms with Crippen LogP contribution in [0.15, 0.2) is 40.8 Å². The van der Waals surface area contributed by atoms with Gasteiger partial charge in [0.05, 0.1) is 24.7 Å². The van der Waals surface area contributed by atoms with Gasteiger partial charge in [-0.2, -0.15) is 0 Å². The minimum absolute atomic E-state index is 0. The molecule has 0 aliphatic rings. The summed E-state index contributed by atoms with van der Waals surface area (Å²) in [5, 5.41) is 8.52. The van der Waals surface area contributed by atoms with Crippen LogP contribution in [-0.2, 0) is 16.0 Å². The second-order valence-corrected chi connectivity index (χ2v) is 6.62. The second kappa shape index (κ2) is 12.4. The van der Waals surface area contributed by atoms with Gasteiger partial charge in [0.2, 0.25) is 5.89 Å². The molecular formula is C19H24NNaO4S. The van der Waals surface area contributed by atoms with Crippen molar-refractivity contribution in [2.75, 3.05) is 24.7 Å². The summed E-state index contributed by atoms with van der Waals surface area (Å²) in [5.74, 6) is 1.48. The van der Waals surface area contributed by atoms with E-state index in [2.05, 4.69) is 4.98 Å². The largest absolute Gasteiger partial charge is 1.00 e. The molecule has 136 valence electrons. The normalized spacial score (nSPS) is 10.8. The molecule has 7 heteroatoms. The van der Waals surface area contributed by atoms with Gasteiger partial charge in [-0.15, -0.1) is 11.8 Å². The van der Waals surface area contributed by atoms with Crippen molar-refractivity contribution in [1.82, 2.24) is 4.98 Å². The summed E-state index contributed by atoms with van der Waals surface area (Å²) >= 11 is 1.36. The molecule has 0 bridgehead atoms. The maximum Gasteiger partial charge on any atom is 1.00 e. The molecule has 2 rings (SSSR count). The number of hydrogen-bond donors (Lipinski definition) is 1. The number of thioether (sulfide) groups is 1. The Morgan fingerprint density at radius 1 is 1.31 bits per heavy atom. The molecule has 2 aromatic rings. The zero-order chi connectivity index (χ0) is 18.1. The molecule has 1 N–H and O–H groups in total. The zero-order valence-electron chi connectivity index (χ0n) is 16.5. The predicted molar refractivity (Wildman–Crippen MR) is 101 cm³/mol. The fourth-order valence-corrected chi connectivity index (χ4v) is 2.71. The van der Waals surface area contributed by atoms with Crippen LogP contribution in [0.4, 0.5) is 0 Å². The Balaban J connectivity index is 0.00000338. The molecule has 0 spiro atoms. The topological polar surface area (TPSA) is 72.6 Å². The number of carboxylic acid groups (broad SMARTS) is 1. The third-order valence-corrected chi connectivity index (χ3v) is 4.37. The minimum atomic E-state index is -0.789. The molecule has 0 aliphatic heterocycles. The molecular weight excluding hydrogens is 361 g/mol. The van der Waals surface area contributed by atoms with E-state index in [1.54, 1.807) is 0 Å². The van der Waals surface area contributed by atoms with E-state index in [4.69, 9.17) is 14.3 Å². The standard InChI is InChI=1S/C19H23NO4S.Na.H/c1-14-5-7-16(8-6-14)19-20-17(15(2)24-19)9-11-23-10-3-4-12-25-13-18(21)22;;/h3-8H,9-13H2,1-2H3,(H,21,22);;/q;+1;-1/b4-3+;;. The molecule has 0 saturated carbocycles. The monoisotopic (exact) mass is 385 g/mol. The van der Waals surface area contributed by atoms with Crippen molar-refractivity contribution in [2.45, 2.75) is 20.3 Å². The van der Waals surface area contributed by atoms with E-state index in [9.17, 15) is 4.79 Å². The molecule has 1 aromatic carbocycles. The molecule has 0 saturated heterocycles. The zero-order valence-corrected chi connectivity index (χ0v) is 18.3. The van der Waals surface area contributed by atoms with Gasteiger partial charge in [0.25, 0.3) is 0 Å². The SMILES string of the molecule is Cc1ccc(-c2nc(CCOC/C=C/CSCC(=O)O)c(C)o2)cc1.[H-].[Na+]. The summed E-state index contributed by atoms with van der Waals surface area (Å²) in [6.07, 6.45) is 4.52. The first kappa shape index (κ1) is 23.0. The van der Waals surface area contributed by atoms with Gasteiger partial charge in [-0.25, -0.2) is 4.98 Å². The molecule has 0 unspecified atom stereocenters. The van der Waals surface area contributed by atoms with E-state index >= 15 is 0 Å². The number of hydrogen-bond acceptors (Lipinski definition) is 5. The summed E-state index contributed by atoms with van der Waals surface area (Å²) in [6, 6.07) is 8.10. The summed E-state index contributed by atoms with van der Waals surface area (Å²) in [5.41, 5.74) is 3.09. The Morgan fingerprint density at radius 3 is 2.73 bits per heavy atom. The maximum atomic E-state index is 10.4. The number of aliphatic carboxylic acids is 1. The Bertz CT molecular complexity index is 719. The molecule has 0 atom stereocenters. The first-order valence-electron chi connectivity index (χ1n) is 8.12. The number of rotatable bonds is 10. The molecule has 0 fully saturated rings. The van der Waals surface area contributed by atoms with E-state index in [-0.39, 0.29) is 36.7 Å². The van der Waals surface area contributed by atoms with Crippen molar-refractivity contribution in [3.05, 3.63) is 53.4 Å². The Hall–Kier alpha value is -1.05. The van der Waals surface area contributed by atoms with Crippen LogP contribution in [0.3, 0.4) is 0 Å². The van der Waals surface area contributed by atoms with E-state index in [0.717, 1.165) is 17.0 Å². The smallest absolute Gasteiger partial charge is 1.00 e. The Labute approximate surface area is 182 Å².